The molecule has 0 aliphatic carbocycles. The summed E-state index contributed by atoms with van der Waals surface area (Å²) in [6.45, 7) is 1.81. The lowest BCUT2D eigenvalue weighted by atomic mass is 10.0. The minimum Gasteiger partial charge on any atom is -0.468 e. The van der Waals surface area contributed by atoms with Crippen molar-refractivity contribution in [2.24, 2.45) is 0 Å². The summed E-state index contributed by atoms with van der Waals surface area (Å²) < 4.78 is 4.74. The van der Waals surface area contributed by atoms with Gasteiger partial charge in [-0.15, -0.1) is 0 Å². The van der Waals surface area contributed by atoms with Gasteiger partial charge in [-0.3, -0.25) is 9.69 Å². The van der Waals surface area contributed by atoms with Crippen LogP contribution < -0.4 is 0 Å². The molecule has 1 heterocycles. The molecule has 3 nitrogen and oxygen atoms in total. The summed E-state index contributed by atoms with van der Waals surface area (Å²) >= 11 is 0. The van der Waals surface area contributed by atoms with E-state index < -0.39 is 0 Å². The van der Waals surface area contributed by atoms with E-state index in [2.05, 4.69) is 17.0 Å². The first-order chi connectivity index (χ1) is 7.31. The van der Waals surface area contributed by atoms with E-state index in [4.69, 9.17) is 4.74 Å². The second kappa shape index (κ2) is 4.45. The highest BCUT2D eigenvalue weighted by Crippen LogP contribution is 2.21. The van der Waals surface area contributed by atoms with Crippen LogP contribution >= 0.6 is 0 Å². The predicted octanol–water partition coefficient (Wildman–Crippen LogP) is 1.43. The summed E-state index contributed by atoms with van der Waals surface area (Å²) in [5, 5.41) is 0. The third-order valence-corrected chi connectivity index (χ3v) is 2.83. The Morgan fingerprint density at radius 3 is 2.73 bits per heavy atom. The Kier molecular flexibility index (Phi) is 3.02. The van der Waals surface area contributed by atoms with Crippen LogP contribution in [0, 0.1) is 0 Å². The second-order valence-corrected chi connectivity index (χ2v) is 3.78. The Morgan fingerprint density at radius 1 is 1.47 bits per heavy atom. The van der Waals surface area contributed by atoms with Crippen LogP contribution in [0.25, 0.3) is 0 Å². The maximum Gasteiger partial charge on any atom is 0.323 e. The maximum atomic E-state index is 11.3. The maximum absolute atomic E-state index is 11.3. The van der Waals surface area contributed by atoms with Crippen molar-refractivity contribution in [2.75, 3.05) is 13.7 Å². The van der Waals surface area contributed by atoms with Crippen LogP contribution in [0.4, 0.5) is 0 Å². The van der Waals surface area contributed by atoms with E-state index in [0.717, 1.165) is 19.5 Å². The molecule has 1 aliphatic heterocycles. The van der Waals surface area contributed by atoms with Crippen LogP contribution in [-0.4, -0.2) is 30.6 Å². The summed E-state index contributed by atoms with van der Waals surface area (Å²) in [7, 11) is 1.45. The van der Waals surface area contributed by atoms with Crippen LogP contribution in [0.3, 0.4) is 0 Å². The number of ether oxygens (including phenoxy) is 1. The standard InChI is InChI=1S/C12H15NO2/c1-15-12(14)11-7-8-13(11)9-10-5-3-2-4-6-10/h2-6,11H,7-9H2,1H3/t11-/m1/s1. The molecule has 1 fully saturated rings. The third-order valence-electron chi connectivity index (χ3n) is 2.83. The first-order valence-electron chi connectivity index (χ1n) is 5.17. The van der Waals surface area contributed by atoms with Gasteiger partial charge in [0.2, 0.25) is 0 Å². The summed E-state index contributed by atoms with van der Waals surface area (Å²) in [5.41, 5.74) is 1.24. The number of rotatable bonds is 3. The first-order valence-corrected chi connectivity index (χ1v) is 5.17. The Balaban J connectivity index is 1.94. The first kappa shape index (κ1) is 10.2. The van der Waals surface area contributed by atoms with Crippen LogP contribution in [-0.2, 0) is 16.1 Å². The average Bonchev–Trinajstić information content (AvgIpc) is 2.25. The Hall–Kier alpha value is -1.35. The lowest BCUT2D eigenvalue weighted by molar-refractivity contribution is -0.152. The van der Waals surface area contributed by atoms with Crippen LogP contribution in [0.5, 0.6) is 0 Å². The van der Waals surface area contributed by atoms with Gasteiger partial charge in [-0.1, -0.05) is 30.3 Å². The highest BCUT2D eigenvalue weighted by atomic mass is 16.5. The molecule has 1 aliphatic rings. The van der Waals surface area contributed by atoms with Gasteiger partial charge in [-0.05, 0) is 12.0 Å². The fourth-order valence-corrected chi connectivity index (χ4v) is 1.85. The van der Waals surface area contributed by atoms with Gasteiger partial charge in [0.25, 0.3) is 0 Å². The van der Waals surface area contributed by atoms with Crippen molar-refractivity contribution in [3.05, 3.63) is 35.9 Å². The zero-order chi connectivity index (χ0) is 10.7. The van der Waals surface area contributed by atoms with E-state index in [1.165, 1.54) is 12.7 Å². The number of likely N-dealkylation sites (tertiary alicyclic amines) is 1. The van der Waals surface area contributed by atoms with Gasteiger partial charge in [-0.25, -0.2) is 0 Å². The number of nitrogens with zero attached hydrogens (tertiary/aromatic N) is 1. The highest BCUT2D eigenvalue weighted by molar-refractivity contribution is 5.76. The highest BCUT2D eigenvalue weighted by Gasteiger charge is 2.34. The molecule has 0 aromatic heterocycles. The van der Waals surface area contributed by atoms with Crippen molar-refractivity contribution >= 4 is 5.97 Å². The Morgan fingerprint density at radius 2 is 2.20 bits per heavy atom. The molecule has 3 heteroatoms. The largest absolute Gasteiger partial charge is 0.468 e. The zero-order valence-electron chi connectivity index (χ0n) is 8.85. The molecular weight excluding hydrogens is 190 g/mol. The van der Waals surface area contributed by atoms with Gasteiger partial charge in [0.1, 0.15) is 6.04 Å². The lowest BCUT2D eigenvalue weighted by Gasteiger charge is -2.38. The van der Waals surface area contributed by atoms with E-state index in [-0.39, 0.29) is 12.0 Å². The van der Waals surface area contributed by atoms with Crippen molar-refractivity contribution in [3.63, 3.8) is 0 Å². The average molecular weight is 205 g/mol. The van der Waals surface area contributed by atoms with Crippen molar-refractivity contribution < 1.29 is 9.53 Å². The summed E-state index contributed by atoms with van der Waals surface area (Å²) in [6.07, 6.45) is 0.916. The van der Waals surface area contributed by atoms with Gasteiger partial charge >= 0.3 is 5.97 Å². The van der Waals surface area contributed by atoms with Crippen LogP contribution in [0.1, 0.15) is 12.0 Å². The summed E-state index contributed by atoms with van der Waals surface area (Å²) in [6, 6.07) is 10.1. The number of methoxy groups -OCH3 is 1. The molecule has 0 unspecified atom stereocenters. The normalized spacial score (nSPS) is 20.7. The summed E-state index contributed by atoms with van der Waals surface area (Å²) in [4.78, 5) is 13.5. The number of hydrogen-bond donors (Lipinski definition) is 0. The van der Waals surface area contributed by atoms with Gasteiger partial charge < -0.3 is 4.74 Å². The molecule has 0 spiro atoms. The lowest BCUT2D eigenvalue weighted by Crippen LogP contribution is -2.52. The smallest absolute Gasteiger partial charge is 0.323 e. The van der Waals surface area contributed by atoms with Crippen molar-refractivity contribution in [1.82, 2.24) is 4.90 Å². The molecule has 0 N–H and O–H groups in total. The molecule has 0 radical (unpaired) electrons. The molecule has 80 valence electrons. The molecule has 1 saturated heterocycles. The minimum absolute atomic E-state index is 0.0322. The van der Waals surface area contributed by atoms with Gasteiger partial charge in [0.15, 0.2) is 0 Å². The van der Waals surface area contributed by atoms with Gasteiger partial charge in [0.05, 0.1) is 7.11 Å². The van der Waals surface area contributed by atoms with Crippen LogP contribution in [0.15, 0.2) is 30.3 Å². The number of carbonyl (C=O) groups excluding carboxylic acids is 1. The van der Waals surface area contributed by atoms with Crippen molar-refractivity contribution in [1.29, 1.82) is 0 Å². The number of benzene rings is 1. The fourth-order valence-electron chi connectivity index (χ4n) is 1.85. The van der Waals surface area contributed by atoms with E-state index in [1.54, 1.807) is 0 Å². The SMILES string of the molecule is COC(=O)[C@H]1CCN1Cc1ccccc1. The molecule has 1 aromatic rings. The Labute approximate surface area is 89.7 Å². The van der Waals surface area contributed by atoms with E-state index in [1.807, 2.05) is 18.2 Å². The molecular formula is C12H15NO2. The molecule has 2 rings (SSSR count). The van der Waals surface area contributed by atoms with E-state index >= 15 is 0 Å². The third kappa shape index (κ3) is 2.18. The minimum atomic E-state index is -0.114. The number of hydrogen-bond acceptors (Lipinski definition) is 3. The zero-order valence-corrected chi connectivity index (χ0v) is 8.85. The summed E-state index contributed by atoms with van der Waals surface area (Å²) in [5.74, 6) is -0.114. The second-order valence-electron chi connectivity index (χ2n) is 3.78. The number of carbonyl (C=O) groups is 1. The van der Waals surface area contributed by atoms with Gasteiger partial charge in [0, 0.05) is 13.1 Å². The monoisotopic (exact) mass is 205 g/mol. The molecule has 0 saturated carbocycles. The molecule has 0 bridgehead atoms. The molecule has 15 heavy (non-hydrogen) atoms. The topological polar surface area (TPSA) is 29.5 Å². The predicted molar refractivity (Wildman–Crippen MR) is 57.3 cm³/mol. The number of esters is 1. The Bertz CT molecular complexity index is 337. The van der Waals surface area contributed by atoms with Crippen LogP contribution in [0.2, 0.25) is 0 Å². The molecule has 1 aromatic carbocycles. The van der Waals surface area contributed by atoms with E-state index in [0.29, 0.717) is 0 Å². The quantitative estimate of drug-likeness (QED) is 0.699. The molecule has 0 amide bonds. The van der Waals surface area contributed by atoms with Gasteiger partial charge in [-0.2, -0.15) is 0 Å². The van der Waals surface area contributed by atoms with Crippen molar-refractivity contribution in [3.8, 4) is 0 Å². The van der Waals surface area contributed by atoms with Crippen molar-refractivity contribution in [2.45, 2.75) is 19.0 Å². The fraction of sp³-hybridized carbons (Fsp3) is 0.417. The van der Waals surface area contributed by atoms with E-state index in [9.17, 15) is 4.79 Å². The molecule has 1 atom stereocenters.